The minimum atomic E-state index is -0.816. The summed E-state index contributed by atoms with van der Waals surface area (Å²) in [6.45, 7) is 5.09. The molecule has 0 aliphatic heterocycles. The van der Waals surface area contributed by atoms with Crippen LogP contribution in [0.2, 0.25) is 0 Å². The maximum absolute atomic E-state index is 12.1. The third-order valence-electron chi connectivity index (χ3n) is 3.21. The summed E-state index contributed by atoms with van der Waals surface area (Å²) in [6, 6.07) is 0. The number of hydrogen-bond acceptors (Lipinski definition) is 8. The average Bonchev–Trinajstić information content (AvgIpc) is 2.87. The maximum atomic E-state index is 12.1. The molecule has 0 aromatic carbocycles. The van der Waals surface area contributed by atoms with Crippen molar-refractivity contribution < 1.29 is 37.9 Å². The third kappa shape index (κ3) is 5.83. The maximum Gasteiger partial charge on any atom is 0.344 e. The van der Waals surface area contributed by atoms with Gasteiger partial charge in [-0.3, -0.25) is 19.7 Å². The molecule has 1 N–H and O–H groups in total. The minimum Gasteiger partial charge on any atom is -0.462 e. The van der Waals surface area contributed by atoms with Gasteiger partial charge in [0.2, 0.25) is 5.88 Å². The molecule has 142 valence electrons. The molecule has 1 aromatic rings. The number of anilines is 1. The lowest BCUT2D eigenvalue weighted by Gasteiger charge is -2.07. The third-order valence-corrected chi connectivity index (χ3v) is 3.21. The largest absolute Gasteiger partial charge is 0.462 e. The highest BCUT2D eigenvalue weighted by molar-refractivity contribution is 6.10. The Labute approximate surface area is 150 Å². The molecular weight excluding hydrogens is 346 g/mol. The highest BCUT2D eigenvalue weighted by atomic mass is 16.5. The second-order valence-electron chi connectivity index (χ2n) is 5.42. The number of ether oxygens (including phenoxy) is 2. The molecule has 0 spiro atoms. The Morgan fingerprint density at radius 1 is 1.00 bits per heavy atom. The molecule has 0 radical (unpaired) electrons. The van der Waals surface area contributed by atoms with Crippen molar-refractivity contribution in [2.24, 2.45) is 0 Å². The zero-order valence-electron chi connectivity index (χ0n) is 15.1. The van der Waals surface area contributed by atoms with Crippen LogP contribution in [0.4, 0.5) is 5.88 Å². The van der Waals surface area contributed by atoms with E-state index in [1.807, 2.05) is 0 Å². The molecule has 9 heteroatoms. The quantitative estimate of drug-likeness (QED) is 0.517. The van der Waals surface area contributed by atoms with Crippen molar-refractivity contribution in [2.45, 2.75) is 40.5 Å². The Hall–Kier alpha value is -2.97. The highest BCUT2D eigenvalue weighted by Gasteiger charge is 2.28. The van der Waals surface area contributed by atoms with Crippen LogP contribution in [-0.2, 0) is 23.9 Å². The summed E-state index contributed by atoms with van der Waals surface area (Å²) in [7, 11) is 0. The highest BCUT2D eigenvalue weighted by Crippen LogP contribution is 2.28. The number of carbonyl (C=O) groups is 5. The van der Waals surface area contributed by atoms with Crippen LogP contribution in [0, 0.1) is 6.92 Å². The lowest BCUT2D eigenvalue weighted by atomic mass is 10.1. The number of amides is 1. The Bertz CT molecular complexity index is 731. The number of ketones is 2. The van der Waals surface area contributed by atoms with Gasteiger partial charge in [0.25, 0.3) is 5.91 Å². The molecule has 26 heavy (non-hydrogen) atoms. The van der Waals surface area contributed by atoms with Gasteiger partial charge in [-0.15, -0.1) is 0 Å². The molecule has 0 fully saturated rings. The molecule has 9 nitrogen and oxygen atoms in total. The van der Waals surface area contributed by atoms with E-state index in [1.54, 1.807) is 6.92 Å². The zero-order chi connectivity index (χ0) is 19.9. The van der Waals surface area contributed by atoms with Crippen LogP contribution in [0.25, 0.3) is 0 Å². The van der Waals surface area contributed by atoms with Crippen LogP contribution in [0.15, 0.2) is 4.42 Å². The normalized spacial score (nSPS) is 10.2. The lowest BCUT2D eigenvalue weighted by molar-refractivity contribution is -0.148. The van der Waals surface area contributed by atoms with E-state index in [9.17, 15) is 24.0 Å². The van der Waals surface area contributed by atoms with E-state index in [4.69, 9.17) is 13.9 Å². The number of furan rings is 1. The number of hydrogen-bond donors (Lipinski definition) is 1. The minimum absolute atomic E-state index is 0.0113. The van der Waals surface area contributed by atoms with Gasteiger partial charge >= 0.3 is 11.9 Å². The van der Waals surface area contributed by atoms with Gasteiger partial charge in [-0.25, -0.2) is 4.79 Å². The molecule has 0 saturated heterocycles. The van der Waals surface area contributed by atoms with Crippen molar-refractivity contribution in [1.29, 1.82) is 0 Å². The van der Waals surface area contributed by atoms with Crippen molar-refractivity contribution in [3.05, 3.63) is 16.9 Å². The molecule has 0 saturated carbocycles. The van der Waals surface area contributed by atoms with Crippen molar-refractivity contribution in [3.8, 4) is 0 Å². The van der Waals surface area contributed by atoms with Gasteiger partial charge in [-0.2, -0.15) is 0 Å². The number of carbonyl (C=O) groups excluding carboxylic acids is 5. The summed E-state index contributed by atoms with van der Waals surface area (Å²) in [5.74, 6) is -3.00. The fourth-order valence-electron chi connectivity index (χ4n) is 2.11. The summed E-state index contributed by atoms with van der Waals surface area (Å²) in [4.78, 5) is 58.0. The van der Waals surface area contributed by atoms with Crippen molar-refractivity contribution in [1.82, 2.24) is 0 Å². The molecule has 0 bridgehead atoms. The van der Waals surface area contributed by atoms with Crippen LogP contribution < -0.4 is 5.32 Å². The van der Waals surface area contributed by atoms with Crippen LogP contribution >= 0.6 is 0 Å². The first-order valence-corrected chi connectivity index (χ1v) is 7.93. The lowest BCUT2D eigenvalue weighted by Crippen LogP contribution is -2.22. The molecule has 1 aromatic heterocycles. The fraction of sp³-hybridized carbons (Fsp3) is 0.471. The first-order chi connectivity index (χ1) is 12.2. The first kappa shape index (κ1) is 21.1. The van der Waals surface area contributed by atoms with E-state index in [1.165, 1.54) is 20.8 Å². The SMILES string of the molecule is CCOC(=O)c1c(NC(=O)COC(=O)CCC(C)=O)oc(C)c1C(C)=O. The first-order valence-electron chi connectivity index (χ1n) is 7.93. The van der Waals surface area contributed by atoms with Crippen LogP contribution in [0.3, 0.4) is 0 Å². The molecule has 1 heterocycles. The van der Waals surface area contributed by atoms with Crippen LogP contribution in [-0.4, -0.2) is 42.6 Å². The van der Waals surface area contributed by atoms with E-state index < -0.39 is 30.2 Å². The van der Waals surface area contributed by atoms with Crippen LogP contribution in [0.5, 0.6) is 0 Å². The van der Waals surface area contributed by atoms with Gasteiger partial charge in [-0.05, 0) is 27.7 Å². The van der Waals surface area contributed by atoms with Crippen LogP contribution in [0.1, 0.15) is 60.1 Å². The summed E-state index contributed by atoms with van der Waals surface area (Å²) in [6.07, 6.45) is -0.113. The standard InChI is InChI=1S/C17H21NO8/c1-5-24-17(23)15-14(10(3)20)11(4)26-16(15)18-12(21)8-25-13(22)7-6-9(2)19/h5-8H2,1-4H3,(H,18,21). The van der Waals surface area contributed by atoms with Gasteiger partial charge in [0, 0.05) is 6.42 Å². The Morgan fingerprint density at radius 2 is 1.65 bits per heavy atom. The predicted octanol–water partition coefficient (Wildman–Crippen LogP) is 1.82. The topological polar surface area (TPSA) is 129 Å². The van der Waals surface area contributed by atoms with Gasteiger partial charge in [-0.1, -0.05) is 0 Å². The van der Waals surface area contributed by atoms with E-state index in [0.29, 0.717) is 0 Å². The van der Waals surface area contributed by atoms with Gasteiger partial charge in [0.1, 0.15) is 17.1 Å². The second kappa shape index (κ2) is 9.50. The number of Topliss-reactive ketones (excluding diaryl/α,β-unsaturated/α-hetero) is 2. The van der Waals surface area contributed by atoms with Gasteiger partial charge in [0.15, 0.2) is 12.4 Å². The van der Waals surface area contributed by atoms with E-state index in [-0.39, 0.29) is 48.0 Å². The fourth-order valence-corrected chi connectivity index (χ4v) is 2.11. The summed E-state index contributed by atoms with van der Waals surface area (Å²) >= 11 is 0. The molecular formula is C17H21NO8. The van der Waals surface area contributed by atoms with Gasteiger partial charge in [0.05, 0.1) is 18.6 Å². The molecule has 1 amide bonds. The van der Waals surface area contributed by atoms with Crippen molar-refractivity contribution in [2.75, 3.05) is 18.5 Å². The van der Waals surface area contributed by atoms with Crippen molar-refractivity contribution >= 4 is 35.3 Å². The Kier molecular flexibility index (Phi) is 7.70. The number of esters is 2. The Morgan fingerprint density at radius 3 is 2.19 bits per heavy atom. The molecule has 0 aliphatic rings. The molecule has 0 aliphatic carbocycles. The molecule has 0 unspecified atom stereocenters. The summed E-state index contributed by atoms with van der Waals surface area (Å²) < 4.78 is 14.9. The van der Waals surface area contributed by atoms with E-state index >= 15 is 0 Å². The zero-order valence-corrected chi connectivity index (χ0v) is 15.1. The van der Waals surface area contributed by atoms with Crippen molar-refractivity contribution in [3.63, 3.8) is 0 Å². The molecule has 1 rings (SSSR count). The smallest absolute Gasteiger partial charge is 0.344 e. The van der Waals surface area contributed by atoms with E-state index in [2.05, 4.69) is 5.32 Å². The monoisotopic (exact) mass is 367 g/mol. The molecule has 0 atom stereocenters. The number of rotatable bonds is 9. The average molecular weight is 367 g/mol. The summed E-state index contributed by atoms with van der Waals surface area (Å²) in [5.41, 5.74) is -0.176. The second-order valence-corrected chi connectivity index (χ2v) is 5.42. The Balaban J connectivity index is 2.85. The van der Waals surface area contributed by atoms with Gasteiger partial charge < -0.3 is 18.7 Å². The number of aryl methyl sites for hydroxylation is 1. The van der Waals surface area contributed by atoms with E-state index in [0.717, 1.165) is 0 Å². The predicted molar refractivity (Wildman–Crippen MR) is 88.9 cm³/mol. The summed E-state index contributed by atoms with van der Waals surface area (Å²) in [5, 5.41) is 2.28. The number of nitrogens with one attached hydrogen (secondary N) is 1.